The molecule has 0 amide bonds. The predicted octanol–water partition coefficient (Wildman–Crippen LogP) is 2.01. The highest BCUT2D eigenvalue weighted by Crippen LogP contribution is 2.32. The van der Waals surface area contributed by atoms with Crippen LogP contribution in [0.4, 0.5) is 5.13 Å². The highest BCUT2D eigenvalue weighted by Gasteiger charge is 2.19. The quantitative estimate of drug-likeness (QED) is 0.837. The molecular formula is C12H12N3O2S. The Morgan fingerprint density at radius 1 is 1.44 bits per heavy atom. The van der Waals surface area contributed by atoms with Crippen LogP contribution in [-0.2, 0) is 4.74 Å². The van der Waals surface area contributed by atoms with Gasteiger partial charge in [0, 0.05) is 6.15 Å². The number of hydrogen-bond donors (Lipinski definition) is 1. The van der Waals surface area contributed by atoms with E-state index in [2.05, 4.69) is 4.98 Å². The summed E-state index contributed by atoms with van der Waals surface area (Å²) >= 11 is 1.29. The fourth-order valence-electron chi connectivity index (χ4n) is 1.55. The smallest absolute Gasteiger partial charge is 0.358 e. The van der Waals surface area contributed by atoms with Crippen molar-refractivity contribution in [1.29, 1.82) is 0 Å². The molecule has 2 aromatic rings. The van der Waals surface area contributed by atoms with Crippen LogP contribution >= 0.6 is 11.3 Å². The molecule has 0 bridgehead atoms. The second kappa shape index (κ2) is 5.61. The first-order valence-electron chi connectivity index (χ1n) is 5.03. The molecule has 0 aliphatic carbocycles. The molecule has 3 radical (unpaired) electrons. The van der Waals surface area contributed by atoms with Crippen LogP contribution in [0.15, 0.2) is 24.3 Å². The first-order valence-corrected chi connectivity index (χ1v) is 5.85. The molecule has 0 aliphatic heterocycles. The van der Waals surface area contributed by atoms with Crippen molar-refractivity contribution in [2.45, 2.75) is 6.92 Å². The Bertz CT molecular complexity index is 566. The summed E-state index contributed by atoms with van der Waals surface area (Å²) in [6.45, 7) is 1.99. The Morgan fingerprint density at radius 3 is 2.78 bits per heavy atom. The minimum absolute atomic E-state index is 0. The summed E-state index contributed by atoms with van der Waals surface area (Å²) in [6, 6.07) is 7.83. The maximum Gasteiger partial charge on any atom is 0.358 e. The summed E-state index contributed by atoms with van der Waals surface area (Å²) in [4.78, 5) is 16.3. The number of aromatic nitrogens is 1. The number of nitrogens with two attached hydrogens (primary N) is 1. The number of rotatable bonds is 2. The number of benzene rings is 1. The number of ether oxygens (including phenoxy) is 1. The molecule has 0 fully saturated rings. The standard InChI is InChI=1S/C12H12N2O2S.N/c1-7-4-3-5-8(6-7)10-9(11(15)16-2)14-12(13)17-10;/h3-6H,1-2H3,(H2,13,14);. The third kappa shape index (κ3) is 2.66. The van der Waals surface area contributed by atoms with Gasteiger partial charge in [0.15, 0.2) is 10.8 Å². The van der Waals surface area contributed by atoms with Crippen molar-refractivity contribution in [1.82, 2.24) is 11.1 Å². The Labute approximate surface area is 109 Å². The third-order valence-corrected chi connectivity index (χ3v) is 3.24. The molecule has 0 aliphatic rings. The Balaban J connectivity index is 0.00000162. The molecule has 2 rings (SSSR count). The second-order valence-corrected chi connectivity index (χ2v) is 4.62. The maximum absolute atomic E-state index is 11.6. The van der Waals surface area contributed by atoms with Crippen molar-refractivity contribution < 1.29 is 9.53 Å². The van der Waals surface area contributed by atoms with Gasteiger partial charge in [0.1, 0.15) is 0 Å². The van der Waals surface area contributed by atoms with Gasteiger partial charge in [0.25, 0.3) is 0 Å². The molecule has 0 saturated heterocycles. The average molecular weight is 262 g/mol. The number of thiazole rings is 1. The molecule has 0 spiro atoms. The highest BCUT2D eigenvalue weighted by atomic mass is 32.1. The summed E-state index contributed by atoms with van der Waals surface area (Å²) < 4.78 is 4.69. The van der Waals surface area contributed by atoms with Gasteiger partial charge in [-0.1, -0.05) is 41.2 Å². The number of nitrogens with zero attached hydrogens (tertiary/aromatic N) is 2. The molecule has 0 atom stereocenters. The molecule has 1 aromatic carbocycles. The van der Waals surface area contributed by atoms with Crippen LogP contribution in [0.25, 0.3) is 10.4 Å². The highest BCUT2D eigenvalue weighted by molar-refractivity contribution is 7.19. The lowest BCUT2D eigenvalue weighted by atomic mass is 10.1. The van der Waals surface area contributed by atoms with Gasteiger partial charge < -0.3 is 10.5 Å². The zero-order valence-electron chi connectivity index (χ0n) is 10.0. The van der Waals surface area contributed by atoms with Crippen molar-refractivity contribution in [2.24, 2.45) is 0 Å². The van der Waals surface area contributed by atoms with E-state index in [1.807, 2.05) is 31.2 Å². The maximum atomic E-state index is 11.6. The van der Waals surface area contributed by atoms with Gasteiger partial charge in [0.05, 0.1) is 12.0 Å². The lowest BCUT2D eigenvalue weighted by Gasteiger charge is -2.01. The van der Waals surface area contributed by atoms with E-state index in [0.29, 0.717) is 5.13 Å². The molecule has 2 N–H and O–H groups in total. The van der Waals surface area contributed by atoms with E-state index in [-0.39, 0.29) is 11.8 Å². The monoisotopic (exact) mass is 262 g/mol. The molecule has 0 unspecified atom stereocenters. The van der Waals surface area contributed by atoms with Crippen molar-refractivity contribution >= 4 is 22.4 Å². The fraction of sp³-hybridized carbons (Fsp3) is 0.167. The van der Waals surface area contributed by atoms with E-state index in [1.54, 1.807) is 0 Å². The van der Waals surface area contributed by atoms with E-state index in [4.69, 9.17) is 10.5 Å². The Hall–Kier alpha value is -1.92. The van der Waals surface area contributed by atoms with Gasteiger partial charge in [-0.15, -0.1) is 0 Å². The van der Waals surface area contributed by atoms with Crippen molar-refractivity contribution in [3.63, 3.8) is 0 Å². The minimum Gasteiger partial charge on any atom is -0.464 e. The number of carbonyl (C=O) groups excluding carboxylic acids is 1. The van der Waals surface area contributed by atoms with Crippen LogP contribution in [0.5, 0.6) is 0 Å². The normalized spacial score (nSPS) is 9.67. The minimum atomic E-state index is -0.463. The lowest BCUT2D eigenvalue weighted by molar-refractivity contribution is 0.0596. The number of esters is 1. The predicted molar refractivity (Wildman–Crippen MR) is 70.2 cm³/mol. The van der Waals surface area contributed by atoms with Gasteiger partial charge in [0.2, 0.25) is 0 Å². The Morgan fingerprint density at radius 2 is 2.17 bits per heavy atom. The number of hydrogen-bond acceptors (Lipinski definition) is 5. The number of methoxy groups -OCH3 is 1. The van der Waals surface area contributed by atoms with Gasteiger partial charge in [-0.25, -0.2) is 9.78 Å². The summed E-state index contributed by atoms with van der Waals surface area (Å²) in [5, 5.41) is 0.363. The molecule has 5 nitrogen and oxygen atoms in total. The van der Waals surface area contributed by atoms with E-state index in [0.717, 1.165) is 16.0 Å². The van der Waals surface area contributed by atoms with Gasteiger partial charge in [-0.3, -0.25) is 0 Å². The van der Waals surface area contributed by atoms with E-state index >= 15 is 0 Å². The first kappa shape index (κ1) is 14.1. The van der Waals surface area contributed by atoms with Gasteiger partial charge in [-0.2, -0.15) is 0 Å². The molecule has 6 heteroatoms. The number of aryl methyl sites for hydroxylation is 1. The second-order valence-electron chi connectivity index (χ2n) is 3.59. The van der Waals surface area contributed by atoms with Crippen molar-refractivity contribution in [3.05, 3.63) is 35.5 Å². The Kier molecular flexibility index (Phi) is 4.41. The van der Waals surface area contributed by atoms with E-state index in [1.165, 1.54) is 18.4 Å². The molecule has 93 valence electrons. The summed E-state index contributed by atoms with van der Waals surface area (Å²) in [6.07, 6.45) is 0. The topological polar surface area (TPSA) is 95.7 Å². The van der Waals surface area contributed by atoms with Crippen LogP contribution in [0.2, 0.25) is 0 Å². The number of carbonyl (C=O) groups is 1. The summed E-state index contributed by atoms with van der Waals surface area (Å²) in [5.74, 6) is -0.463. The summed E-state index contributed by atoms with van der Waals surface area (Å²) in [7, 11) is 1.33. The van der Waals surface area contributed by atoms with Gasteiger partial charge >= 0.3 is 5.97 Å². The molecule has 0 saturated carbocycles. The van der Waals surface area contributed by atoms with Crippen LogP contribution in [-0.4, -0.2) is 18.1 Å². The largest absolute Gasteiger partial charge is 0.464 e. The summed E-state index contributed by atoms with van der Waals surface area (Å²) in [5.41, 5.74) is 7.97. The van der Waals surface area contributed by atoms with Gasteiger partial charge in [-0.05, 0) is 12.5 Å². The van der Waals surface area contributed by atoms with Crippen LogP contribution in [0.1, 0.15) is 16.1 Å². The molecule has 1 aromatic heterocycles. The average Bonchev–Trinajstić information content (AvgIpc) is 2.70. The molecule has 1 heterocycles. The lowest BCUT2D eigenvalue weighted by Crippen LogP contribution is -2.03. The van der Waals surface area contributed by atoms with Crippen LogP contribution in [0, 0.1) is 6.92 Å². The molecular weight excluding hydrogens is 250 g/mol. The van der Waals surface area contributed by atoms with E-state index < -0.39 is 5.97 Å². The van der Waals surface area contributed by atoms with Crippen LogP contribution in [0.3, 0.4) is 0 Å². The first-order chi connectivity index (χ1) is 8.11. The van der Waals surface area contributed by atoms with Crippen LogP contribution < -0.4 is 11.9 Å². The third-order valence-electron chi connectivity index (χ3n) is 2.30. The zero-order chi connectivity index (χ0) is 12.4. The van der Waals surface area contributed by atoms with Crippen molar-refractivity contribution in [2.75, 3.05) is 12.8 Å². The number of nitrogen functional groups attached to an aromatic ring is 1. The van der Waals surface area contributed by atoms with E-state index in [9.17, 15) is 4.79 Å². The fourth-order valence-corrected chi connectivity index (χ4v) is 2.37. The molecule has 18 heavy (non-hydrogen) atoms. The van der Waals surface area contributed by atoms with Crippen molar-refractivity contribution in [3.8, 4) is 10.4 Å². The zero-order valence-corrected chi connectivity index (χ0v) is 10.8. The SMILES string of the molecule is COC(=O)c1nc(N)sc1-c1cccc(C)c1.[N]. The number of anilines is 1.